The molecule has 0 saturated carbocycles. The first-order valence-corrected chi connectivity index (χ1v) is 6.74. The summed E-state index contributed by atoms with van der Waals surface area (Å²) >= 11 is 0. The van der Waals surface area contributed by atoms with Crippen molar-refractivity contribution in [1.29, 1.82) is 0 Å². The maximum absolute atomic E-state index is 11.9. The molecule has 1 aliphatic rings. The Balaban J connectivity index is 2.39. The molecule has 4 nitrogen and oxygen atoms in total. The number of nitrogens with zero attached hydrogens (tertiary/aromatic N) is 1. The van der Waals surface area contributed by atoms with Crippen molar-refractivity contribution in [1.82, 2.24) is 0 Å². The molecule has 0 unspecified atom stereocenters. The number of aryl methyl sites for hydroxylation is 1. The fourth-order valence-electron chi connectivity index (χ4n) is 2.44. The van der Waals surface area contributed by atoms with E-state index in [-0.39, 0.29) is 17.9 Å². The van der Waals surface area contributed by atoms with Crippen LogP contribution in [0.2, 0.25) is 0 Å². The molecule has 0 aromatic heterocycles. The van der Waals surface area contributed by atoms with Gasteiger partial charge < -0.3 is 15.7 Å². The summed E-state index contributed by atoms with van der Waals surface area (Å²) in [5.74, 6) is 0.0902. The molecule has 1 aromatic rings. The Kier molecular flexibility index (Phi) is 3.92. The van der Waals surface area contributed by atoms with E-state index in [0.717, 1.165) is 12.1 Å². The third-order valence-corrected chi connectivity index (χ3v) is 3.89. The largest absolute Gasteiger partial charge is 0.395 e. The lowest BCUT2D eigenvalue weighted by Crippen LogP contribution is -2.37. The van der Waals surface area contributed by atoms with Crippen molar-refractivity contribution in [3.63, 3.8) is 0 Å². The predicted molar refractivity (Wildman–Crippen MR) is 76.3 cm³/mol. The zero-order valence-corrected chi connectivity index (χ0v) is 11.6. The second kappa shape index (κ2) is 5.31. The quantitative estimate of drug-likeness (QED) is 0.856. The summed E-state index contributed by atoms with van der Waals surface area (Å²) in [6.45, 7) is 5.18. The average molecular weight is 262 g/mol. The maximum Gasteiger partial charge on any atom is 0.227 e. The van der Waals surface area contributed by atoms with E-state index in [9.17, 15) is 4.79 Å². The molecule has 0 fully saturated rings. The van der Waals surface area contributed by atoms with Crippen molar-refractivity contribution in [2.24, 2.45) is 5.73 Å². The third kappa shape index (κ3) is 2.65. The molecule has 1 aliphatic heterocycles. The third-order valence-electron chi connectivity index (χ3n) is 3.89. The monoisotopic (exact) mass is 262 g/mol. The molecule has 0 aliphatic carbocycles. The zero-order chi connectivity index (χ0) is 14.0. The van der Waals surface area contributed by atoms with Crippen LogP contribution in [-0.4, -0.2) is 30.7 Å². The van der Waals surface area contributed by atoms with Crippen LogP contribution in [0.1, 0.15) is 31.4 Å². The Labute approximate surface area is 114 Å². The second-order valence-electron chi connectivity index (χ2n) is 5.70. The van der Waals surface area contributed by atoms with E-state index < -0.39 is 0 Å². The first-order valence-electron chi connectivity index (χ1n) is 6.74. The van der Waals surface area contributed by atoms with Gasteiger partial charge in [0.25, 0.3) is 0 Å². The standard InChI is InChI=1S/C15H22N2O2/c1-15(2,10-16)12-4-5-13-11(9-12)3-6-14(19)17(13)7-8-18/h4-5,9,18H,3,6-8,10,16H2,1-2H3. The van der Waals surface area contributed by atoms with Crippen molar-refractivity contribution >= 4 is 11.6 Å². The predicted octanol–water partition coefficient (Wildman–Crippen LogP) is 1.19. The van der Waals surface area contributed by atoms with Crippen molar-refractivity contribution < 1.29 is 9.90 Å². The van der Waals surface area contributed by atoms with Gasteiger partial charge >= 0.3 is 0 Å². The van der Waals surface area contributed by atoms with Gasteiger partial charge in [-0.05, 0) is 23.6 Å². The molecule has 3 N–H and O–H groups in total. The number of rotatable bonds is 4. The molecule has 1 heterocycles. The lowest BCUT2D eigenvalue weighted by atomic mass is 9.83. The number of hydrogen-bond donors (Lipinski definition) is 2. The van der Waals surface area contributed by atoms with Crippen LogP contribution in [0.3, 0.4) is 0 Å². The van der Waals surface area contributed by atoms with Gasteiger partial charge in [0.15, 0.2) is 0 Å². The van der Waals surface area contributed by atoms with Crippen LogP contribution < -0.4 is 10.6 Å². The van der Waals surface area contributed by atoms with Crippen molar-refractivity contribution in [2.75, 3.05) is 24.6 Å². The minimum Gasteiger partial charge on any atom is -0.395 e. The van der Waals surface area contributed by atoms with Crippen molar-refractivity contribution in [3.05, 3.63) is 29.3 Å². The first kappa shape index (κ1) is 14.0. The SMILES string of the molecule is CC(C)(CN)c1ccc2c(c1)CCC(=O)N2CCO. The van der Waals surface area contributed by atoms with Crippen LogP contribution in [0, 0.1) is 0 Å². The number of aliphatic hydroxyl groups excluding tert-OH is 1. The molecule has 0 radical (unpaired) electrons. The summed E-state index contributed by atoms with van der Waals surface area (Å²) in [6, 6.07) is 6.17. The van der Waals surface area contributed by atoms with Gasteiger partial charge in [0.2, 0.25) is 5.91 Å². The number of β-amino-alcohol motifs (C(OH)–C–C–N with tert-alkyl or cyclic N) is 1. The normalized spacial score (nSPS) is 15.6. The minimum atomic E-state index is -0.0572. The molecule has 0 saturated heterocycles. The number of nitrogens with two attached hydrogens (primary N) is 1. The Morgan fingerprint density at radius 3 is 2.74 bits per heavy atom. The van der Waals surface area contributed by atoms with Crippen molar-refractivity contribution in [2.45, 2.75) is 32.1 Å². The summed E-state index contributed by atoms with van der Waals surface area (Å²) in [4.78, 5) is 13.6. The molecule has 2 rings (SSSR count). The maximum atomic E-state index is 11.9. The number of anilines is 1. The fourth-order valence-corrected chi connectivity index (χ4v) is 2.44. The molecule has 0 atom stereocenters. The highest BCUT2D eigenvalue weighted by Gasteiger charge is 2.26. The van der Waals surface area contributed by atoms with Gasteiger partial charge in [-0.25, -0.2) is 0 Å². The molecule has 104 valence electrons. The van der Waals surface area contributed by atoms with E-state index in [1.807, 2.05) is 12.1 Å². The first-order chi connectivity index (χ1) is 8.99. The average Bonchev–Trinajstić information content (AvgIpc) is 2.41. The van der Waals surface area contributed by atoms with Crippen LogP contribution in [0.25, 0.3) is 0 Å². The van der Waals surface area contributed by atoms with E-state index in [0.29, 0.717) is 19.5 Å². The Morgan fingerprint density at radius 1 is 1.37 bits per heavy atom. The van der Waals surface area contributed by atoms with Crippen LogP contribution in [-0.2, 0) is 16.6 Å². The van der Waals surface area contributed by atoms with E-state index in [2.05, 4.69) is 19.9 Å². The molecular formula is C15H22N2O2. The fraction of sp³-hybridized carbons (Fsp3) is 0.533. The Hall–Kier alpha value is -1.39. The summed E-state index contributed by atoms with van der Waals surface area (Å²) in [6.07, 6.45) is 1.28. The van der Waals surface area contributed by atoms with E-state index in [1.54, 1.807) is 4.90 Å². The molecule has 0 spiro atoms. The number of fused-ring (bicyclic) bond motifs is 1. The van der Waals surface area contributed by atoms with Gasteiger partial charge in [-0.3, -0.25) is 4.79 Å². The summed E-state index contributed by atoms with van der Waals surface area (Å²) in [7, 11) is 0. The number of carbonyl (C=O) groups excluding carboxylic acids is 1. The van der Waals surface area contributed by atoms with Crippen LogP contribution in [0.5, 0.6) is 0 Å². The van der Waals surface area contributed by atoms with Crippen LogP contribution >= 0.6 is 0 Å². The minimum absolute atomic E-state index is 0.0127. The highest BCUT2D eigenvalue weighted by molar-refractivity contribution is 5.96. The van der Waals surface area contributed by atoms with Gasteiger partial charge in [-0.2, -0.15) is 0 Å². The highest BCUT2D eigenvalue weighted by atomic mass is 16.3. The molecule has 4 heteroatoms. The molecule has 19 heavy (non-hydrogen) atoms. The summed E-state index contributed by atoms with van der Waals surface area (Å²) < 4.78 is 0. The van der Waals surface area contributed by atoms with Gasteiger partial charge in [-0.1, -0.05) is 26.0 Å². The van der Waals surface area contributed by atoms with Crippen LogP contribution in [0.4, 0.5) is 5.69 Å². The number of hydrogen-bond acceptors (Lipinski definition) is 3. The lowest BCUT2D eigenvalue weighted by molar-refractivity contribution is -0.119. The van der Waals surface area contributed by atoms with Gasteiger partial charge in [0, 0.05) is 30.6 Å². The van der Waals surface area contributed by atoms with Crippen molar-refractivity contribution in [3.8, 4) is 0 Å². The van der Waals surface area contributed by atoms with E-state index in [4.69, 9.17) is 10.8 Å². The number of benzene rings is 1. The van der Waals surface area contributed by atoms with Crippen LogP contribution in [0.15, 0.2) is 18.2 Å². The zero-order valence-electron chi connectivity index (χ0n) is 11.6. The highest BCUT2D eigenvalue weighted by Crippen LogP contribution is 2.32. The van der Waals surface area contributed by atoms with E-state index >= 15 is 0 Å². The summed E-state index contributed by atoms with van der Waals surface area (Å²) in [5.41, 5.74) is 9.06. The Bertz CT molecular complexity index is 483. The summed E-state index contributed by atoms with van der Waals surface area (Å²) in [5, 5.41) is 9.07. The Morgan fingerprint density at radius 2 is 2.11 bits per heavy atom. The topological polar surface area (TPSA) is 66.6 Å². The molecular weight excluding hydrogens is 240 g/mol. The molecule has 0 bridgehead atoms. The van der Waals surface area contributed by atoms with Gasteiger partial charge in [0.1, 0.15) is 0 Å². The smallest absolute Gasteiger partial charge is 0.227 e. The number of aliphatic hydroxyl groups is 1. The van der Waals surface area contributed by atoms with Gasteiger partial charge in [-0.15, -0.1) is 0 Å². The lowest BCUT2D eigenvalue weighted by Gasteiger charge is -2.31. The molecule has 1 aromatic carbocycles. The number of carbonyl (C=O) groups is 1. The second-order valence-corrected chi connectivity index (χ2v) is 5.70. The van der Waals surface area contributed by atoms with E-state index in [1.165, 1.54) is 11.1 Å². The molecule has 1 amide bonds. The van der Waals surface area contributed by atoms with Gasteiger partial charge in [0.05, 0.1) is 6.61 Å². The number of amides is 1.